The first-order valence-corrected chi connectivity index (χ1v) is 8.73. The van der Waals surface area contributed by atoms with E-state index in [4.69, 9.17) is 5.11 Å². The second kappa shape index (κ2) is 16.6. The quantitative estimate of drug-likeness (QED) is 0.176. The van der Waals surface area contributed by atoms with Crippen LogP contribution >= 0.6 is 0 Å². The van der Waals surface area contributed by atoms with Crippen molar-refractivity contribution in [1.29, 1.82) is 0 Å². The number of aliphatic carboxylic acids is 1. The Kier molecular flexibility index (Phi) is 15.3. The van der Waals surface area contributed by atoms with Gasteiger partial charge in [-0.25, -0.2) is 0 Å². The first kappa shape index (κ1) is 21.2. The first-order chi connectivity index (χ1) is 11.2. The number of unbranched alkanes of at least 4 members (excludes halogenated alkanes) is 4. The van der Waals surface area contributed by atoms with E-state index in [2.05, 4.69) is 31.2 Å². The van der Waals surface area contributed by atoms with Crippen LogP contribution in [-0.2, 0) is 4.79 Å². The lowest BCUT2D eigenvalue weighted by Crippen LogP contribution is -1.92. The van der Waals surface area contributed by atoms with E-state index in [0.29, 0.717) is 5.76 Å². The summed E-state index contributed by atoms with van der Waals surface area (Å²) in [6.45, 7) is 2.16. The molecule has 0 bridgehead atoms. The highest BCUT2D eigenvalue weighted by molar-refractivity contribution is 5.66. The lowest BCUT2D eigenvalue weighted by Gasteiger charge is -1.97. The zero-order valence-corrected chi connectivity index (χ0v) is 14.4. The Balaban J connectivity index is 3.57. The molecule has 0 fully saturated rings. The molecule has 0 spiro atoms. The molecule has 130 valence electrons. The van der Waals surface area contributed by atoms with Crippen LogP contribution in [0.15, 0.2) is 48.3 Å². The Hall–Kier alpha value is -1.77. The van der Waals surface area contributed by atoms with Crippen LogP contribution in [0.5, 0.6) is 0 Å². The van der Waals surface area contributed by atoms with Crippen LogP contribution in [0.25, 0.3) is 0 Å². The fourth-order valence-electron chi connectivity index (χ4n) is 2.00. The number of carbonyl (C=O) groups is 1. The van der Waals surface area contributed by atoms with Crippen LogP contribution in [0.1, 0.15) is 71.1 Å². The molecule has 0 aromatic rings. The molecular formula is C20H32O3. The summed E-state index contributed by atoms with van der Waals surface area (Å²) >= 11 is 0. The topological polar surface area (TPSA) is 57.5 Å². The zero-order chi connectivity index (χ0) is 17.2. The predicted molar refractivity (Wildman–Crippen MR) is 97.6 cm³/mol. The van der Waals surface area contributed by atoms with E-state index < -0.39 is 5.97 Å². The monoisotopic (exact) mass is 320 g/mol. The Bertz CT molecular complexity index is 403. The minimum Gasteiger partial charge on any atom is -0.513 e. The number of aliphatic hydroxyl groups excluding tert-OH is 1. The van der Waals surface area contributed by atoms with Gasteiger partial charge in [-0.1, -0.05) is 56.2 Å². The van der Waals surface area contributed by atoms with Crippen molar-refractivity contribution >= 4 is 5.97 Å². The largest absolute Gasteiger partial charge is 0.513 e. The van der Waals surface area contributed by atoms with E-state index in [1.54, 1.807) is 0 Å². The molecule has 0 aromatic heterocycles. The van der Waals surface area contributed by atoms with Gasteiger partial charge in [0.1, 0.15) is 0 Å². The van der Waals surface area contributed by atoms with Crippen molar-refractivity contribution in [3.63, 3.8) is 0 Å². The van der Waals surface area contributed by atoms with Crippen LogP contribution in [0, 0.1) is 0 Å². The summed E-state index contributed by atoms with van der Waals surface area (Å²) in [4.78, 5) is 10.3. The molecule has 0 aromatic carbocycles. The van der Waals surface area contributed by atoms with Crippen molar-refractivity contribution in [3.05, 3.63) is 48.3 Å². The van der Waals surface area contributed by atoms with Gasteiger partial charge in [0.05, 0.1) is 5.76 Å². The number of carboxylic acids is 1. The van der Waals surface area contributed by atoms with Gasteiger partial charge in [0.2, 0.25) is 0 Å². The van der Waals surface area contributed by atoms with E-state index in [0.717, 1.165) is 44.9 Å². The Morgan fingerprint density at radius 2 is 1.52 bits per heavy atom. The number of rotatable bonds is 14. The first-order valence-electron chi connectivity index (χ1n) is 8.73. The molecule has 0 saturated carbocycles. The number of hydrogen-bond donors (Lipinski definition) is 2. The summed E-state index contributed by atoms with van der Waals surface area (Å²) in [5, 5.41) is 18.1. The predicted octanol–water partition coefficient (Wildman–Crippen LogP) is 6.10. The normalized spacial score (nSPS) is 12.8. The molecule has 0 saturated heterocycles. The maximum Gasteiger partial charge on any atom is 0.303 e. The fraction of sp³-hybridized carbons (Fsp3) is 0.550. The van der Waals surface area contributed by atoms with Crippen LogP contribution in [0.3, 0.4) is 0 Å². The van der Waals surface area contributed by atoms with Gasteiger partial charge in [0.25, 0.3) is 0 Å². The molecular weight excluding hydrogens is 288 g/mol. The standard InChI is InChI=1S/C20H32O3/c1-2-3-13-16-19(21)17-14-11-9-7-5-4-6-8-10-12-15-18-20(22)23/h4-6,8-9,11,17,21H,2-3,7,10,12-16,18H2,1H3,(H,22,23). The van der Waals surface area contributed by atoms with E-state index in [-0.39, 0.29) is 6.42 Å². The maximum atomic E-state index is 10.3. The van der Waals surface area contributed by atoms with E-state index in [1.165, 1.54) is 12.8 Å². The lowest BCUT2D eigenvalue weighted by atomic mass is 10.1. The van der Waals surface area contributed by atoms with E-state index >= 15 is 0 Å². The van der Waals surface area contributed by atoms with Crippen LogP contribution in [-0.4, -0.2) is 16.2 Å². The second-order valence-corrected chi connectivity index (χ2v) is 5.59. The molecule has 2 N–H and O–H groups in total. The highest BCUT2D eigenvalue weighted by Crippen LogP contribution is 2.07. The van der Waals surface area contributed by atoms with Crippen LogP contribution in [0.4, 0.5) is 0 Å². The molecule has 0 amide bonds. The molecule has 0 aliphatic rings. The number of aliphatic hydroxyl groups is 1. The third-order valence-electron chi connectivity index (χ3n) is 3.36. The van der Waals surface area contributed by atoms with Gasteiger partial charge < -0.3 is 10.2 Å². The second-order valence-electron chi connectivity index (χ2n) is 5.59. The smallest absolute Gasteiger partial charge is 0.303 e. The van der Waals surface area contributed by atoms with Crippen molar-refractivity contribution in [3.8, 4) is 0 Å². The molecule has 23 heavy (non-hydrogen) atoms. The highest BCUT2D eigenvalue weighted by Gasteiger charge is 1.94. The summed E-state index contributed by atoms with van der Waals surface area (Å²) < 4.78 is 0. The highest BCUT2D eigenvalue weighted by atomic mass is 16.4. The molecule has 0 atom stereocenters. The number of hydrogen-bond acceptors (Lipinski definition) is 2. The van der Waals surface area contributed by atoms with Crippen molar-refractivity contribution in [2.75, 3.05) is 0 Å². The van der Waals surface area contributed by atoms with Crippen molar-refractivity contribution in [2.45, 2.75) is 71.1 Å². The fourth-order valence-corrected chi connectivity index (χ4v) is 2.00. The molecule has 0 unspecified atom stereocenters. The minimum absolute atomic E-state index is 0.261. The summed E-state index contributed by atoms with van der Waals surface area (Å²) in [6, 6.07) is 0. The Morgan fingerprint density at radius 3 is 2.26 bits per heavy atom. The molecule has 0 rings (SSSR count). The van der Waals surface area contributed by atoms with Crippen LogP contribution in [0.2, 0.25) is 0 Å². The van der Waals surface area contributed by atoms with Crippen molar-refractivity contribution in [1.82, 2.24) is 0 Å². The average molecular weight is 320 g/mol. The van der Waals surface area contributed by atoms with Gasteiger partial charge in [0.15, 0.2) is 0 Å². The summed E-state index contributed by atoms with van der Waals surface area (Å²) in [5.74, 6) is -0.214. The van der Waals surface area contributed by atoms with Gasteiger partial charge >= 0.3 is 5.97 Å². The summed E-state index contributed by atoms with van der Waals surface area (Å²) in [6.07, 6.45) is 22.9. The summed E-state index contributed by atoms with van der Waals surface area (Å²) in [5.41, 5.74) is 0. The third-order valence-corrected chi connectivity index (χ3v) is 3.36. The van der Waals surface area contributed by atoms with Crippen molar-refractivity contribution < 1.29 is 15.0 Å². The Morgan fingerprint density at radius 1 is 0.826 bits per heavy atom. The Labute approximate surface area is 141 Å². The van der Waals surface area contributed by atoms with E-state index in [1.807, 2.05) is 18.2 Å². The maximum absolute atomic E-state index is 10.3. The molecule has 3 nitrogen and oxygen atoms in total. The number of allylic oxidation sites excluding steroid dienone is 8. The minimum atomic E-state index is -0.718. The average Bonchev–Trinajstić information content (AvgIpc) is 2.51. The molecule has 0 aliphatic carbocycles. The van der Waals surface area contributed by atoms with Crippen LogP contribution < -0.4 is 0 Å². The van der Waals surface area contributed by atoms with Gasteiger partial charge in [-0.3, -0.25) is 4.79 Å². The van der Waals surface area contributed by atoms with E-state index in [9.17, 15) is 9.90 Å². The molecule has 0 radical (unpaired) electrons. The van der Waals surface area contributed by atoms with Gasteiger partial charge in [-0.05, 0) is 44.6 Å². The third kappa shape index (κ3) is 18.2. The van der Waals surface area contributed by atoms with Gasteiger partial charge in [0, 0.05) is 12.8 Å². The lowest BCUT2D eigenvalue weighted by molar-refractivity contribution is -0.137. The van der Waals surface area contributed by atoms with Crippen molar-refractivity contribution in [2.24, 2.45) is 0 Å². The number of carboxylic acid groups (broad SMARTS) is 1. The molecule has 0 aliphatic heterocycles. The SMILES string of the molecule is CCCCCC(O)=CCC=CCC=CC=CCCCCC(=O)O. The van der Waals surface area contributed by atoms with Gasteiger partial charge in [-0.2, -0.15) is 0 Å². The zero-order valence-electron chi connectivity index (χ0n) is 14.4. The van der Waals surface area contributed by atoms with Gasteiger partial charge in [-0.15, -0.1) is 0 Å². The molecule has 0 heterocycles. The molecule has 3 heteroatoms. The summed E-state index contributed by atoms with van der Waals surface area (Å²) in [7, 11) is 0.